The smallest absolute Gasteiger partial charge is 0.136 e. The van der Waals surface area contributed by atoms with E-state index in [0.29, 0.717) is 11.7 Å². The van der Waals surface area contributed by atoms with Gasteiger partial charge in [0.25, 0.3) is 0 Å². The minimum atomic E-state index is 0.513. The van der Waals surface area contributed by atoms with Crippen LogP contribution in [0.3, 0.4) is 0 Å². The molecule has 0 radical (unpaired) electrons. The Labute approximate surface area is 73.5 Å². The second-order valence-corrected chi connectivity index (χ2v) is 5.07. The quantitative estimate of drug-likeness (QED) is 0.536. The normalized spacial score (nSPS) is 56.4. The summed E-state index contributed by atoms with van der Waals surface area (Å²) in [6, 6.07) is 0. The van der Waals surface area contributed by atoms with E-state index in [2.05, 4.69) is 6.92 Å². The van der Waals surface area contributed by atoms with Crippen LogP contribution in [0.15, 0.2) is 0 Å². The van der Waals surface area contributed by atoms with Crippen molar-refractivity contribution in [2.45, 2.75) is 32.6 Å². The van der Waals surface area contributed by atoms with Crippen LogP contribution < -0.4 is 0 Å². The third-order valence-electron chi connectivity index (χ3n) is 4.60. The van der Waals surface area contributed by atoms with E-state index in [4.69, 9.17) is 0 Å². The maximum absolute atomic E-state index is 11.6. The monoisotopic (exact) mass is 164 g/mol. The molecular weight excluding hydrogens is 148 g/mol. The van der Waals surface area contributed by atoms with Crippen molar-refractivity contribution in [2.75, 3.05) is 0 Å². The van der Waals surface area contributed by atoms with Crippen molar-refractivity contribution in [3.63, 3.8) is 0 Å². The number of fused-ring (bicyclic) bond motifs is 5. The van der Waals surface area contributed by atoms with E-state index in [-0.39, 0.29) is 0 Å². The van der Waals surface area contributed by atoms with Crippen LogP contribution in [0.4, 0.5) is 0 Å². The molecule has 12 heavy (non-hydrogen) atoms. The van der Waals surface area contributed by atoms with E-state index in [9.17, 15) is 4.79 Å². The molecule has 3 rings (SSSR count). The van der Waals surface area contributed by atoms with Gasteiger partial charge in [0.2, 0.25) is 0 Å². The molecule has 5 unspecified atom stereocenters. The molecule has 66 valence electrons. The zero-order valence-corrected chi connectivity index (χ0v) is 7.62. The third-order valence-corrected chi connectivity index (χ3v) is 4.60. The Morgan fingerprint density at radius 2 is 2.08 bits per heavy atom. The maximum atomic E-state index is 11.6. The summed E-state index contributed by atoms with van der Waals surface area (Å²) < 4.78 is 0. The fourth-order valence-corrected chi connectivity index (χ4v) is 4.16. The highest BCUT2D eigenvalue weighted by Crippen LogP contribution is 2.59. The molecule has 3 aliphatic carbocycles. The Bertz CT molecular complexity index is 233. The highest BCUT2D eigenvalue weighted by atomic mass is 16.1. The summed E-state index contributed by atoms with van der Waals surface area (Å²) in [5, 5.41) is 0. The minimum absolute atomic E-state index is 0.513. The number of hydrogen-bond acceptors (Lipinski definition) is 1. The first-order chi connectivity index (χ1) is 5.77. The number of carbonyl (C=O) groups excluding carboxylic acids is 1. The van der Waals surface area contributed by atoms with Gasteiger partial charge < -0.3 is 0 Å². The van der Waals surface area contributed by atoms with Crippen molar-refractivity contribution in [3.8, 4) is 0 Å². The zero-order chi connectivity index (χ0) is 8.29. The van der Waals surface area contributed by atoms with E-state index in [1.807, 2.05) is 0 Å². The number of ketones is 1. The van der Waals surface area contributed by atoms with Crippen LogP contribution in [-0.4, -0.2) is 5.78 Å². The van der Waals surface area contributed by atoms with E-state index in [1.165, 1.54) is 19.3 Å². The van der Waals surface area contributed by atoms with Crippen molar-refractivity contribution < 1.29 is 4.79 Å². The minimum Gasteiger partial charge on any atom is -0.299 e. The lowest BCUT2D eigenvalue weighted by atomic mass is 9.76. The third kappa shape index (κ3) is 0.681. The van der Waals surface area contributed by atoms with Gasteiger partial charge in [0, 0.05) is 12.3 Å². The highest BCUT2D eigenvalue weighted by Gasteiger charge is 2.55. The van der Waals surface area contributed by atoms with Gasteiger partial charge in [-0.15, -0.1) is 0 Å². The summed E-state index contributed by atoms with van der Waals surface area (Å²) in [7, 11) is 0. The van der Waals surface area contributed by atoms with Gasteiger partial charge in [-0.25, -0.2) is 0 Å². The predicted molar refractivity (Wildman–Crippen MR) is 46.6 cm³/mol. The molecule has 1 heteroatoms. The molecule has 0 N–H and O–H groups in total. The summed E-state index contributed by atoms with van der Waals surface area (Å²) in [6.45, 7) is 2.34. The summed E-state index contributed by atoms with van der Waals surface area (Å²) in [5.74, 6) is 4.49. The Balaban J connectivity index is 1.95. The van der Waals surface area contributed by atoms with Gasteiger partial charge in [-0.2, -0.15) is 0 Å². The molecule has 0 spiro atoms. The molecule has 1 nitrogen and oxygen atoms in total. The van der Waals surface area contributed by atoms with Crippen LogP contribution in [0.2, 0.25) is 0 Å². The fraction of sp³-hybridized carbons (Fsp3) is 0.909. The molecular formula is C11H16O. The maximum Gasteiger partial charge on any atom is 0.136 e. The van der Waals surface area contributed by atoms with Crippen LogP contribution in [0.1, 0.15) is 32.6 Å². The zero-order valence-electron chi connectivity index (χ0n) is 7.62. The topological polar surface area (TPSA) is 17.1 Å². The number of rotatable bonds is 0. The van der Waals surface area contributed by atoms with E-state index >= 15 is 0 Å². The first kappa shape index (κ1) is 7.11. The Kier molecular flexibility index (Phi) is 1.26. The lowest BCUT2D eigenvalue weighted by Gasteiger charge is -2.27. The molecule has 0 saturated heterocycles. The molecule has 0 heterocycles. The summed E-state index contributed by atoms with van der Waals surface area (Å²) in [5.41, 5.74) is 0. The first-order valence-electron chi connectivity index (χ1n) is 5.30. The Hall–Kier alpha value is -0.330. The molecule has 5 atom stereocenters. The van der Waals surface area contributed by atoms with Crippen LogP contribution in [0, 0.1) is 29.6 Å². The molecule has 0 amide bonds. The lowest BCUT2D eigenvalue weighted by molar-refractivity contribution is -0.123. The fourth-order valence-electron chi connectivity index (χ4n) is 4.16. The second-order valence-electron chi connectivity index (χ2n) is 5.07. The van der Waals surface area contributed by atoms with Crippen molar-refractivity contribution in [3.05, 3.63) is 0 Å². The van der Waals surface area contributed by atoms with E-state index in [1.54, 1.807) is 0 Å². The molecule has 0 aromatic rings. The van der Waals surface area contributed by atoms with E-state index in [0.717, 1.165) is 30.1 Å². The van der Waals surface area contributed by atoms with Crippen LogP contribution in [0.5, 0.6) is 0 Å². The summed E-state index contributed by atoms with van der Waals surface area (Å²) >= 11 is 0. The summed E-state index contributed by atoms with van der Waals surface area (Å²) in [4.78, 5) is 11.6. The number of Topliss-reactive ketones (excluding diaryl/α,β-unsaturated/α-hetero) is 1. The summed E-state index contributed by atoms with van der Waals surface area (Å²) in [6.07, 6.45) is 4.91. The molecule has 0 aliphatic heterocycles. The van der Waals surface area contributed by atoms with Crippen LogP contribution in [0.25, 0.3) is 0 Å². The molecule has 3 aliphatic rings. The average molecular weight is 164 g/mol. The van der Waals surface area contributed by atoms with E-state index < -0.39 is 0 Å². The standard InChI is InChI=1S/C11H16O/c1-6-4-7-5-9(6)11-8(7)2-3-10(11)12/h6-9,11H,2-5H2,1H3. The average Bonchev–Trinajstić information content (AvgIpc) is 2.62. The van der Waals surface area contributed by atoms with Crippen molar-refractivity contribution >= 4 is 5.78 Å². The molecule has 3 saturated carbocycles. The number of hydrogen-bond donors (Lipinski definition) is 0. The number of carbonyl (C=O) groups is 1. The van der Waals surface area contributed by atoms with Gasteiger partial charge >= 0.3 is 0 Å². The molecule has 2 bridgehead atoms. The van der Waals surface area contributed by atoms with Crippen molar-refractivity contribution in [2.24, 2.45) is 29.6 Å². The van der Waals surface area contributed by atoms with Crippen molar-refractivity contribution in [1.82, 2.24) is 0 Å². The van der Waals surface area contributed by atoms with Crippen LogP contribution in [-0.2, 0) is 4.79 Å². The van der Waals surface area contributed by atoms with Gasteiger partial charge in [0.15, 0.2) is 0 Å². The van der Waals surface area contributed by atoms with Gasteiger partial charge in [-0.1, -0.05) is 6.92 Å². The lowest BCUT2D eigenvalue weighted by Crippen LogP contribution is -2.26. The van der Waals surface area contributed by atoms with Gasteiger partial charge in [-0.05, 0) is 42.9 Å². The molecule has 0 aromatic heterocycles. The predicted octanol–water partition coefficient (Wildman–Crippen LogP) is 2.26. The highest BCUT2D eigenvalue weighted by molar-refractivity contribution is 5.84. The van der Waals surface area contributed by atoms with Crippen molar-refractivity contribution in [1.29, 1.82) is 0 Å². The Morgan fingerprint density at radius 1 is 1.25 bits per heavy atom. The largest absolute Gasteiger partial charge is 0.299 e. The van der Waals surface area contributed by atoms with Gasteiger partial charge in [0.05, 0.1) is 0 Å². The van der Waals surface area contributed by atoms with Crippen LogP contribution >= 0.6 is 0 Å². The van der Waals surface area contributed by atoms with Gasteiger partial charge in [-0.3, -0.25) is 4.79 Å². The molecule has 3 fully saturated rings. The molecule has 0 aromatic carbocycles. The first-order valence-corrected chi connectivity index (χ1v) is 5.30. The van der Waals surface area contributed by atoms with Gasteiger partial charge in [0.1, 0.15) is 5.78 Å². The Morgan fingerprint density at radius 3 is 2.92 bits per heavy atom. The SMILES string of the molecule is CC1CC2CC1C1C(=O)CCC21. The second kappa shape index (κ2) is 2.12.